The summed E-state index contributed by atoms with van der Waals surface area (Å²) in [6.45, 7) is 0.502. The SMILES string of the molecule is COc1ccc(F)cc1-c1ccc(CN)s1. The maximum atomic E-state index is 13.2. The maximum Gasteiger partial charge on any atom is 0.127 e. The summed E-state index contributed by atoms with van der Waals surface area (Å²) in [5, 5.41) is 0. The third kappa shape index (κ3) is 2.08. The molecule has 0 bridgehead atoms. The number of halogens is 1. The van der Waals surface area contributed by atoms with Gasteiger partial charge in [-0.2, -0.15) is 0 Å². The Balaban J connectivity index is 2.49. The summed E-state index contributed by atoms with van der Waals surface area (Å²) >= 11 is 1.55. The van der Waals surface area contributed by atoms with Gasteiger partial charge in [-0.15, -0.1) is 11.3 Å². The van der Waals surface area contributed by atoms with Crippen molar-refractivity contribution in [1.82, 2.24) is 0 Å². The van der Waals surface area contributed by atoms with Gasteiger partial charge in [-0.1, -0.05) is 0 Å². The minimum absolute atomic E-state index is 0.265. The van der Waals surface area contributed by atoms with Gasteiger partial charge in [0.2, 0.25) is 0 Å². The summed E-state index contributed by atoms with van der Waals surface area (Å²) in [5.74, 6) is 0.408. The first kappa shape index (κ1) is 11.1. The van der Waals surface area contributed by atoms with E-state index in [1.165, 1.54) is 12.1 Å². The first-order valence-electron chi connectivity index (χ1n) is 4.87. The Morgan fingerprint density at radius 2 is 2.12 bits per heavy atom. The van der Waals surface area contributed by atoms with Crippen molar-refractivity contribution in [3.05, 3.63) is 41.0 Å². The largest absolute Gasteiger partial charge is 0.496 e. The van der Waals surface area contributed by atoms with Crippen LogP contribution in [-0.2, 0) is 6.54 Å². The minimum Gasteiger partial charge on any atom is -0.496 e. The summed E-state index contributed by atoms with van der Waals surface area (Å²) in [4.78, 5) is 2.04. The fraction of sp³-hybridized carbons (Fsp3) is 0.167. The number of hydrogen-bond donors (Lipinski definition) is 1. The van der Waals surface area contributed by atoms with Crippen LogP contribution < -0.4 is 10.5 Å². The van der Waals surface area contributed by atoms with Crippen molar-refractivity contribution in [3.8, 4) is 16.2 Å². The van der Waals surface area contributed by atoms with Crippen LogP contribution in [0.3, 0.4) is 0 Å². The van der Waals surface area contributed by atoms with E-state index in [1.807, 2.05) is 12.1 Å². The second-order valence-electron chi connectivity index (χ2n) is 3.31. The Bertz CT molecular complexity index is 496. The number of nitrogens with two attached hydrogens (primary N) is 1. The summed E-state index contributed by atoms with van der Waals surface area (Å²) in [7, 11) is 1.58. The molecule has 2 nitrogen and oxygen atoms in total. The van der Waals surface area contributed by atoms with E-state index in [-0.39, 0.29) is 5.82 Å². The van der Waals surface area contributed by atoms with Gasteiger partial charge in [0.05, 0.1) is 7.11 Å². The average Bonchev–Trinajstić information content (AvgIpc) is 2.77. The van der Waals surface area contributed by atoms with Gasteiger partial charge < -0.3 is 10.5 Å². The number of hydrogen-bond acceptors (Lipinski definition) is 3. The second kappa shape index (κ2) is 4.63. The Morgan fingerprint density at radius 1 is 1.31 bits per heavy atom. The van der Waals surface area contributed by atoms with Crippen molar-refractivity contribution in [3.63, 3.8) is 0 Å². The van der Waals surface area contributed by atoms with Gasteiger partial charge in [-0.3, -0.25) is 0 Å². The third-order valence-corrected chi connectivity index (χ3v) is 3.43. The molecule has 2 aromatic rings. The van der Waals surface area contributed by atoms with E-state index in [4.69, 9.17) is 10.5 Å². The molecule has 1 aromatic carbocycles. The fourth-order valence-electron chi connectivity index (χ4n) is 1.51. The van der Waals surface area contributed by atoms with Crippen LogP contribution in [0.25, 0.3) is 10.4 Å². The smallest absolute Gasteiger partial charge is 0.127 e. The summed E-state index contributed by atoms with van der Waals surface area (Å²) < 4.78 is 18.4. The number of rotatable bonds is 3. The monoisotopic (exact) mass is 237 g/mol. The standard InChI is InChI=1S/C12H12FNOS/c1-15-11-4-2-8(13)6-10(11)12-5-3-9(7-14)16-12/h2-6H,7,14H2,1H3. The lowest BCUT2D eigenvalue weighted by Gasteiger charge is -2.06. The highest BCUT2D eigenvalue weighted by Crippen LogP contribution is 2.35. The molecule has 16 heavy (non-hydrogen) atoms. The Morgan fingerprint density at radius 3 is 2.75 bits per heavy atom. The molecule has 0 atom stereocenters. The molecule has 0 radical (unpaired) electrons. The molecule has 0 fully saturated rings. The van der Waals surface area contributed by atoms with Crippen molar-refractivity contribution in [2.75, 3.05) is 7.11 Å². The normalized spacial score (nSPS) is 10.4. The van der Waals surface area contributed by atoms with Crippen LogP contribution >= 0.6 is 11.3 Å². The molecule has 2 N–H and O–H groups in total. The molecule has 0 aliphatic heterocycles. The molecule has 0 saturated carbocycles. The Labute approximate surface area is 97.5 Å². The van der Waals surface area contributed by atoms with Gasteiger partial charge in [0.1, 0.15) is 11.6 Å². The summed E-state index contributed by atoms with van der Waals surface area (Å²) in [5.41, 5.74) is 6.32. The third-order valence-electron chi connectivity index (χ3n) is 2.29. The highest BCUT2D eigenvalue weighted by Gasteiger charge is 2.09. The van der Waals surface area contributed by atoms with Gasteiger partial charge >= 0.3 is 0 Å². The van der Waals surface area contributed by atoms with E-state index in [9.17, 15) is 4.39 Å². The molecular formula is C12H12FNOS. The molecule has 0 spiro atoms. The van der Waals surface area contributed by atoms with Gasteiger partial charge in [0.15, 0.2) is 0 Å². The van der Waals surface area contributed by atoms with Crippen molar-refractivity contribution in [1.29, 1.82) is 0 Å². The van der Waals surface area contributed by atoms with Crippen LogP contribution in [0.5, 0.6) is 5.75 Å². The van der Waals surface area contributed by atoms with Gasteiger partial charge in [0.25, 0.3) is 0 Å². The Hall–Kier alpha value is -1.39. The van der Waals surface area contributed by atoms with Gasteiger partial charge in [-0.25, -0.2) is 4.39 Å². The van der Waals surface area contributed by atoms with Crippen LogP contribution in [-0.4, -0.2) is 7.11 Å². The molecule has 1 heterocycles. The van der Waals surface area contributed by atoms with Crippen LogP contribution in [0.2, 0.25) is 0 Å². The lowest BCUT2D eigenvalue weighted by atomic mass is 10.1. The average molecular weight is 237 g/mol. The second-order valence-corrected chi connectivity index (χ2v) is 4.48. The van der Waals surface area contributed by atoms with E-state index in [0.717, 1.165) is 15.3 Å². The highest BCUT2D eigenvalue weighted by molar-refractivity contribution is 7.15. The van der Waals surface area contributed by atoms with Crippen molar-refractivity contribution in [2.24, 2.45) is 5.73 Å². The van der Waals surface area contributed by atoms with E-state index < -0.39 is 0 Å². The maximum absolute atomic E-state index is 13.2. The van der Waals surface area contributed by atoms with Crippen LogP contribution in [0, 0.1) is 5.82 Å². The van der Waals surface area contributed by atoms with E-state index in [1.54, 1.807) is 24.5 Å². The van der Waals surface area contributed by atoms with Crippen LogP contribution in [0.15, 0.2) is 30.3 Å². The van der Waals surface area contributed by atoms with Crippen molar-refractivity contribution < 1.29 is 9.13 Å². The lowest BCUT2D eigenvalue weighted by Crippen LogP contribution is -1.91. The molecule has 2 rings (SSSR count). The summed E-state index contributed by atoms with van der Waals surface area (Å²) in [6.07, 6.45) is 0. The Kier molecular flexibility index (Phi) is 3.22. The fourth-order valence-corrected chi connectivity index (χ4v) is 2.41. The molecule has 0 unspecified atom stereocenters. The zero-order chi connectivity index (χ0) is 11.5. The molecule has 0 amide bonds. The molecule has 0 saturated heterocycles. The molecule has 1 aromatic heterocycles. The highest BCUT2D eigenvalue weighted by atomic mass is 32.1. The predicted molar refractivity (Wildman–Crippen MR) is 64.2 cm³/mol. The molecule has 84 valence electrons. The molecular weight excluding hydrogens is 225 g/mol. The molecule has 4 heteroatoms. The first-order chi connectivity index (χ1) is 7.74. The van der Waals surface area contributed by atoms with E-state index >= 15 is 0 Å². The summed E-state index contributed by atoms with van der Waals surface area (Å²) in [6, 6.07) is 8.38. The van der Waals surface area contributed by atoms with Crippen molar-refractivity contribution >= 4 is 11.3 Å². The number of thiophene rings is 1. The van der Waals surface area contributed by atoms with E-state index in [2.05, 4.69) is 0 Å². The zero-order valence-electron chi connectivity index (χ0n) is 8.87. The van der Waals surface area contributed by atoms with Gasteiger partial charge in [0, 0.05) is 21.9 Å². The van der Waals surface area contributed by atoms with Crippen LogP contribution in [0.1, 0.15) is 4.88 Å². The lowest BCUT2D eigenvalue weighted by molar-refractivity contribution is 0.415. The number of methoxy groups -OCH3 is 1. The van der Waals surface area contributed by atoms with Gasteiger partial charge in [-0.05, 0) is 30.3 Å². The molecule has 0 aliphatic carbocycles. The number of benzene rings is 1. The molecule has 0 aliphatic rings. The quantitative estimate of drug-likeness (QED) is 0.890. The topological polar surface area (TPSA) is 35.2 Å². The number of ether oxygens (including phenoxy) is 1. The minimum atomic E-state index is -0.265. The predicted octanol–water partition coefficient (Wildman–Crippen LogP) is 3.02. The van der Waals surface area contributed by atoms with Crippen molar-refractivity contribution in [2.45, 2.75) is 6.54 Å². The first-order valence-corrected chi connectivity index (χ1v) is 5.69. The van der Waals surface area contributed by atoms with Crippen LogP contribution in [0.4, 0.5) is 4.39 Å². The zero-order valence-corrected chi connectivity index (χ0v) is 9.68. The van der Waals surface area contributed by atoms with E-state index in [0.29, 0.717) is 12.3 Å².